The van der Waals surface area contributed by atoms with Crippen LogP contribution < -0.4 is 0 Å². The molecule has 3 rings (SSSR count). The van der Waals surface area contributed by atoms with Crippen LogP contribution in [0.5, 0.6) is 0 Å². The molecule has 0 amide bonds. The molecule has 0 aliphatic heterocycles. The zero-order valence-electron chi connectivity index (χ0n) is 12.1. The second-order valence-electron chi connectivity index (χ2n) is 4.87. The predicted molar refractivity (Wildman–Crippen MR) is 82.4 cm³/mol. The zero-order chi connectivity index (χ0) is 15.6. The van der Waals surface area contributed by atoms with E-state index < -0.39 is 9.84 Å². The third kappa shape index (κ3) is 2.80. The van der Waals surface area contributed by atoms with Crippen molar-refractivity contribution in [3.63, 3.8) is 0 Å². The highest BCUT2D eigenvalue weighted by Gasteiger charge is 2.20. The van der Waals surface area contributed by atoms with Crippen molar-refractivity contribution in [2.24, 2.45) is 0 Å². The lowest BCUT2D eigenvalue weighted by molar-refractivity contribution is 0.568. The van der Waals surface area contributed by atoms with Gasteiger partial charge in [-0.15, -0.1) is 0 Å². The Morgan fingerprint density at radius 3 is 2.50 bits per heavy atom. The Kier molecular flexibility index (Phi) is 3.81. The lowest BCUT2D eigenvalue weighted by atomic mass is 10.2. The summed E-state index contributed by atoms with van der Waals surface area (Å²) in [5, 5.41) is 4.26. The second kappa shape index (κ2) is 5.76. The summed E-state index contributed by atoms with van der Waals surface area (Å²) in [7, 11) is -3.45. The average Bonchev–Trinajstić information content (AvgIpc) is 3.19. The lowest BCUT2D eigenvalue weighted by Crippen LogP contribution is -2.12. The van der Waals surface area contributed by atoms with Crippen molar-refractivity contribution < 1.29 is 8.42 Å². The van der Waals surface area contributed by atoms with Gasteiger partial charge in [0.2, 0.25) is 15.0 Å². The van der Waals surface area contributed by atoms with E-state index in [1.54, 1.807) is 33.8 Å². The van der Waals surface area contributed by atoms with Crippen molar-refractivity contribution in [2.75, 3.05) is 0 Å². The highest BCUT2D eigenvalue weighted by atomic mass is 32.2. The molecule has 1 aromatic carbocycles. The molecule has 0 bridgehead atoms. The van der Waals surface area contributed by atoms with Crippen LogP contribution in [0.15, 0.2) is 60.3 Å². The molecule has 114 valence electrons. The fourth-order valence-corrected chi connectivity index (χ4v) is 3.79. The van der Waals surface area contributed by atoms with Crippen molar-refractivity contribution >= 4 is 9.84 Å². The van der Waals surface area contributed by atoms with Crippen molar-refractivity contribution in [3.8, 4) is 5.69 Å². The molecule has 3 aromatic rings. The molecule has 2 heterocycles. The largest absolute Gasteiger partial charge is 0.322 e. The van der Waals surface area contributed by atoms with Gasteiger partial charge >= 0.3 is 0 Å². The first-order valence-electron chi connectivity index (χ1n) is 6.93. The number of rotatable bonds is 5. The van der Waals surface area contributed by atoms with E-state index in [9.17, 15) is 8.42 Å². The van der Waals surface area contributed by atoms with Gasteiger partial charge in [0.1, 0.15) is 0 Å². The summed E-state index contributed by atoms with van der Waals surface area (Å²) in [6, 6.07) is 9.14. The van der Waals surface area contributed by atoms with E-state index in [4.69, 9.17) is 0 Å². The molecule has 0 aliphatic carbocycles. The quantitative estimate of drug-likeness (QED) is 0.722. The summed E-state index contributed by atoms with van der Waals surface area (Å²) in [5.41, 5.74) is 1.61. The molecule has 0 saturated heterocycles. The van der Waals surface area contributed by atoms with Crippen LogP contribution in [0.2, 0.25) is 0 Å². The van der Waals surface area contributed by atoms with Crippen LogP contribution in [-0.2, 0) is 22.1 Å². The fourth-order valence-electron chi connectivity index (χ4n) is 2.27. The van der Waals surface area contributed by atoms with E-state index >= 15 is 0 Å². The van der Waals surface area contributed by atoms with Gasteiger partial charge in [0.15, 0.2) is 0 Å². The summed E-state index contributed by atoms with van der Waals surface area (Å²) in [6.45, 7) is 2.46. The molecule has 0 N–H and O–H groups in total. The van der Waals surface area contributed by atoms with E-state index in [-0.39, 0.29) is 10.9 Å². The van der Waals surface area contributed by atoms with E-state index in [0.717, 1.165) is 11.3 Å². The minimum atomic E-state index is -3.45. The predicted octanol–water partition coefficient (Wildman–Crippen LogP) is 2.06. The van der Waals surface area contributed by atoms with Gasteiger partial charge in [0.25, 0.3) is 0 Å². The Balaban J connectivity index is 1.84. The SMILES string of the molecule is CCn1ccnc1S(=O)(=O)Cc1ccc(-n2cccn2)cc1. The molecule has 0 saturated carbocycles. The smallest absolute Gasteiger partial charge is 0.227 e. The number of aromatic nitrogens is 4. The number of hydrogen-bond acceptors (Lipinski definition) is 4. The summed E-state index contributed by atoms with van der Waals surface area (Å²) in [4.78, 5) is 3.97. The van der Waals surface area contributed by atoms with Gasteiger partial charge in [-0.3, -0.25) is 0 Å². The molecule has 0 aliphatic rings. The third-order valence-electron chi connectivity index (χ3n) is 3.36. The van der Waals surface area contributed by atoms with Crippen LogP contribution in [0.1, 0.15) is 12.5 Å². The number of benzene rings is 1. The molecule has 0 radical (unpaired) electrons. The van der Waals surface area contributed by atoms with Gasteiger partial charge in [-0.25, -0.2) is 18.1 Å². The van der Waals surface area contributed by atoms with E-state index in [1.807, 2.05) is 31.3 Å². The molecule has 7 heteroatoms. The molecule has 0 fully saturated rings. The average molecular weight is 316 g/mol. The minimum Gasteiger partial charge on any atom is -0.322 e. The first kappa shape index (κ1) is 14.5. The molecular formula is C15H16N4O2S. The van der Waals surface area contributed by atoms with Crippen molar-refractivity contribution in [1.29, 1.82) is 0 Å². The second-order valence-corrected chi connectivity index (χ2v) is 6.76. The molecular weight excluding hydrogens is 300 g/mol. The summed E-state index contributed by atoms with van der Waals surface area (Å²) >= 11 is 0. The Morgan fingerprint density at radius 2 is 1.86 bits per heavy atom. The maximum atomic E-state index is 12.5. The van der Waals surface area contributed by atoms with Crippen LogP contribution in [0.25, 0.3) is 5.69 Å². The van der Waals surface area contributed by atoms with Gasteiger partial charge in [-0.1, -0.05) is 12.1 Å². The number of hydrogen-bond donors (Lipinski definition) is 0. The van der Waals surface area contributed by atoms with Gasteiger partial charge in [-0.05, 0) is 30.7 Å². The molecule has 0 unspecified atom stereocenters. The first-order valence-corrected chi connectivity index (χ1v) is 8.58. The summed E-state index contributed by atoms with van der Waals surface area (Å²) in [5.74, 6) is -0.0661. The van der Waals surface area contributed by atoms with Gasteiger partial charge < -0.3 is 4.57 Å². The van der Waals surface area contributed by atoms with Crippen LogP contribution >= 0.6 is 0 Å². The van der Waals surface area contributed by atoms with Crippen molar-refractivity contribution in [3.05, 3.63) is 60.7 Å². The Hall–Kier alpha value is -2.41. The maximum absolute atomic E-state index is 12.5. The molecule has 6 nitrogen and oxygen atoms in total. The summed E-state index contributed by atoms with van der Waals surface area (Å²) in [6.07, 6.45) is 6.72. The van der Waals surface area contributed by atoms with Crippen LogP contribution in [0.4, 0.5) is 0 Å². The summed E-state index contributed by atoms with van der Waals surface area (Å²) < 4.78 is 28.3. The standard InChI is InChI=1S/C15H16N4O2S/c1-2-18-11-9-16-15(18)22(20,21)12-13-4-6-14(7-5-13)19-10-3-8-17-19/h3-11H,2,12H2,1H3. The van der Waals surface area contributed by atoms with Crippen molar-refractivity contribution in [1.82, 2.24) is 19.3 Å². The van der Waals surface area contributed by atoms with E-state index in [1.165, 1.54) is 6.20 Å². The number of imidazole rings is 1. The number of nitrogens with zero attached hydrogens (tertiary/aromatic N) is 4. The highest BCUT2D eigenvalue weighted by molar-refractivity contribution is 7.90. The topological polar surface area (TPSA) is 69.8 Å². The zero-order valence-corrected chi connectivity index (χ0v) is 12.9. The van der Waals surface area contributed by atoms with Crippen LogP contribution in [0, 0.1) is 0 Å². The third-order valence-corrected chi connectivity index (χ3v) is 4.97. The number of aryl methyl sites for hydroxylation is 1. The Bertz CT molecular complexity index is 849. The normalized spacial score (nSPS) is 11.7. The van der Waals surface area contributed by atoms with Crippen molar-refractivity contribution in [2.45, 2.75) is 24.4 Å². The van der Waals surface area contributed by atoms with Gasteiger partial charge in [0.05, 0.1) is 11.4 Å². The lowest BCUT2D eigenvalue weighted by Gasteiger charge is -2.07. The highest BCUT2D eigenvalue weighted by Crippen LogP contribution is 2.16. The minimum absolute atomic E-state index is 0.0661. The Morgan fingerprint density at radius 1 is 1.09 bits per heavy atom. The van der Waals surface area contributed by atoms with E-state index in [2.05, 4.69) is 10.1 Å². The Labute approximate surface area is 129 Å². The molecule has 22 heavy (non-hydrogen) atoms. The molecule has 0 atom stereocenters. The van der Waals surface area contributed by atoms with Gasteiger partial charge in [-0.2, -0.15) is 5.10 Å². The van der Waals surface area contributed by atoms with Crippen LogP contribution in [0.3, 0.4) is 0 Å². The van der Waals surface area contributed by atoms with Crippen LogP contribution in [-0.4, -0.2) is 27.7 Å². The molecule has 0 spiro atoms. The maximum Gasteiger partial charge on any atom is 0.227 e. The monoisotopic (exact) mass is 316 g/mol. The molecule has 2 aromatic heterocycles. The van der Waals surface area contributed by atoms with E-state index in [0.29, 0.717) is 6.54 Å². The first-order chi connectivity index (χ1) is 10.6. The fraction of sp³-hybridized carbons (Fsp3) is 0.200. The number of sulfone groups is 1. The van der Waals surface area contributed by atoms with Gasteiger partial charge in [0, 0.05) is 31.3 Å².